The van der Waals surface area contributed by atoms with Gasteiger partial charge in [0.15, 0.2) is 5.78 Å². The van der Waals surface area contributed by atoms with Crippen LogP contribution < -0.4 is 0 Å². The van der Waals surface area contributed by atoms with E-state index in [4.69, 9.17) is 0 Å². The minimum Gasteiger partial charge on any atom is -0.309 e. The van der Waals surface area contributed by atoms with Gasteiger partial charge in [-0.2, -0.15) is 48.3 Å². The Morgan fingerprint density at radius 3 is 1.50 bits per heavy atom. The zero-order valence-corrected chi connectivity index (χ0v) is 10.1. The molecule has 0 amide bonds. The number of carbonyl (C=O) groups excluding carboxylic acids is 1. The largest absolute Gasteiger partial charge is 0.478 e. The summed E-state index contributed by atoms with van der Waals surface area (Å²) in [4.78, 5) is 10.3. The first kappa shape index (κ1) is 20.8. The molecule has 0 bridgehead atoms. The highest BCUT2D eigenvalue weighted by molar-refractivity contribution is 5.76. The summed E-state index contributed by atoms with van der Waals surface area (Å²) in [7, 11) is 0. The van der Waals surface area contributed by atoms with Gasteiger partial charge in [0.25, 0.3) is 0 Å². The Bertz CT molecular complexity index is 413. The summed E-state index contributed by atoms with van der Waals surface area (Å²) in [6, 6.07) is -6.07. The van der Waals surface area contributed by atoms with Crippen molar-refractivity contribution in [3.63, 3.8) is 0 Å². The molecule has 0 aromatic heterocycles. The third kappa shape index (κ3) is 4.18. The molecule has 0 aromatic carbocycles. The normalized spacial score (nSPS) is 17.3. The molecule has 0 radical (unpaired) electrons. The molecular formula is C8H5F11O3. The van der Waals surface area contributed by atoms with Crippen LogP contribution in [0.2, 0.25) is 0 Å². The van der Waals surface area contributed by atoms with Crippen LogP contribution in [0.4, 0.5) is 48.3 Å². The van der Waals surface area contributed by atoms with Crippen molar-refractivity contribution in [2.24, 2.45) is 0 Å². The standard InChI is InChI=1S/C8H5F11O3/c1-3(20)2-21-8(19,6(14,15)16)22-7(17,18)4(9,10)5(11,12)13/h2H2,1H3. The maximum absolute atomic E-state index is 13.2. The lowest BCUT2D eigenvalue weighted by Gasteiger charge is -2.34. The average Bonchev–Trinajstić information content (AvgIpc) is 2.22. The fourth-order valence-corrected chi connectivity index (χ4v) is 0.758. The molecule has 0 saturated carbocycles. The number of rotatable bonds is 6. The highest BCUT2D eigenvalue weighted by atomic mass is 19.4. The minimum atomic E-state index is -7.16. The molecule has 0 fully saturated rings. The molecule has 0 aromatic rings. The van der Waals surface area contributed by atoms with Crippen molar-refractivity contribution in [2.45, 2.75) is 37.3 Å². The zero-order chi connectivity index (χ0) is 18.2. The SMILES string of the molecule is CC(=O)COC(F)(OC(F)(F)C(F)(F)C(F)(F)F)C(F)(F)F. The highest BCUT2D eigenvalue weighted by Gasteiger charge is 2.78. The van der Waals surface area contributed by atoms with E-state index in [1.807, 2.05) is 4.74 Å². The topological polar surface area (TPSA) is 35.5 Å². The third-order valence-electron chi connectivity index (χ3n) is 1.78. The molecule has 0 N–H and O–H groups in total. The van der Waals surface area contributed by atoms with Crippen LogP contribution in [0.15, 0.2) is 0 Å². The van der Waals surface area contributed by atoms with Crippen molar-refractivity contribution in [1.29, 1.82) is 0 Å². The van der Waals surface area contributed by atoms with Gasteiger partial charge in [0.05, 0.1) is 0 Å². The quantitative estimate of drug-likeness (QED) is 0.538. The molecular weight excluding hydrogens is 353 g/mol. The minimum absolute atomic E-state index is 0.485. The Morgan fingerprint density at radius 1 is 0.818 bits per heavy atom. The van der Waals surface area contributed by atoms with Gasteiger partial charge in [0.2, 0.25) is 0 Å². The summed E-state index contributed by atoms with van der Waals surface area (Å²) in [6.45, 7) is -1.40. The first-order chi connectivity index (χ1) is 9.37. The molecule has 0 aliphatic heterocycles. The fourth-order valence-electron chi connectivity index (χ4n) is 0.758. The van der Waals surface area contributed by atoms with E-state index in [1.165, 1.54) is 0 Å². The van der Waals surface area contributed by atoms with E-state index in [0.29, 0.717) is 6.92 Å². The lowest BCUT2D eigenvalue weighted by molar-refractivity contribution is -0.530. The van der Waals surface area contributed by atoms with Crippen molar-refractivity contribution < 1.29 is 62.6 Å². The first-order valence-corrected chi connectivity index (χ1v) is 4.79. The lowest BCUT2D eigenvalue weighted by atomic mass is 10.3. The van der Waals surface area contributed by atoms with E-state index in [0.717, 1.165) is 0 Å². The van der Waals surface area contributed by atoms with Gasteiger partial charge in [0, 0.05) is 0 Å². The smallest absolute Gasteiger partial charge is 0.309 e. The number of carbonyl (C=O) groups is 1. The predicted octanol–water partition coefficient (Wildman–Crippen LogP) is 3.58. The van der Waals surface area contributed by atoms with Gasteiger partial charge in [-0.1, -0.05) is 0 Å². The second-order valence-electron chi connectivity index (χ2n) is 3.72. The molecule has 3 nitrogen and oxygen atoms in total. The summed E-state index contributed by atoms with van der Waals surface area (Å²) in [5, 5.41) is 0. The van der Waals surface area contributed by atoms with Gasteiger partial charge in [-0.3, -0.25) is 4.79 Å². The monoisotopic (exact) mass is 358 g/mol. The van der Waals surface area contributed by atoms with Crippen LogP contribution in [0.3, 0.4) is 0 Å². The van der Waals surface area contributed by atoms with Crippen molar-refractivity contribution in [1.82, 2.24) is 0 Å². The summed E-state index contributed by atoms with van der Waals surface area (Å²) < 4.78 is 140. The highest BCUT2D eigenvalue weighted by Crippen LogP contribution is 2.51. The Balaban J connectivity index is 5.61. The van der Waals surface area contributed by atoms with Gasteiger partial charge in [-0.25, -0.2) is 4.74 Å². The van der Waals surface area contributed by atoms with Crippen LogP contribution in [-0.4, -0.2) is 42.8 Å². The molecule has 0 heterocycles. The first-order valence-electron chi connectivity index (χ1n) is 4.79. The summed E-state index contributed by atoms with van der Waals surface area (Å²) in [5.74, 6) is -8.55. The van der Waals surface area contributed by atoms with Crippen molar-refractivity contribution in [3.8, 4) is 0 Å². The number of ether oxygens (including phenoxy) is 2. The van der Waals surface area contributed by atoms with E-state index in [-0.39, 0.29) is 0 Å². The van der Waals surface area contributed by atoms with Crippen LogP contribution in [0.25, 0.3) is 0 Å². The van der Waals surface area contributed by atoms with Crippen molar-refractivity contribution in [3.05, 3.63) is 0 Å². The predicted molar refractivity (Wildman–Crippen MR) is 43.6 cm³/mol. The van der Waals surface area contributed by atoms with Gasteiger partial charge < -0.3 is 4.74 Å². The van der Waals surface area contributed by atoms with Crippen LogP contribution in [0.5, 0.6) is 0 Å². The summed E-state index contributed by atoms with van der Waals surface area (Å²) in [5.41, 5.74) is 0. The number of ketones is 1. The number of Topliss-reactive ketones (excluding diaryl/α,β-unsaturated/α-hetero) is 1. The molecule has 0 saturated heterocycles. The van der Waals surface area contributed by atoms with E-state index < -0.39 is 42.8 Å². The molecule has 14 heteroatoms. The summed E-state index contributed by atoms with van der Waals surface area (Å²) in [6.07, 6.45) is -20.6. The van der Waals surface area contributed by atoms with Gasteiger partial charge in [-0.15, -0.1) is 0 Å². The van der Waals surface area contributed by atoms with Crippen molar-refractivity contribution in [2.75, 3.05) is 6.61 Å². The van der Waals surface area contributed by atoms with Crippen LogP contribution in [-0.2, 0) is 14.3 Å². The van der Waals surface area contributed by atoms with E-state index in [2.05, 4.69) is 4.74 Å². The lowest BCUT2D eigenvalue weighted by Crippen LogP contribution is -2.60. The third-order valence-corrected chi connectivity index (χ3v) is 1.78. The van der Waals surface area contributed by atoms with Crippen LogP contribution in [0, 0.1) is 0 Å². The molecule has 1 atom stereocenters. The average molecular weight is 358 g/mol. The van der Waals surface area contributed by atoms with E-state index in [1.54, 1.807) is 0 Å². The second-order valence-corrected chi connectivity index (χ2v) is 3.72. The zero-order valence-electron chi connectivity index (χ0n) is 10.1. The van der Waals surface area contributed by atoms with Crippen LogP contribution >= 0.6 is 0 Å². The number of hydrogen-bond donors (Lipinski definition) is 0. The number of hydrogen-bond acceptors (Lipinski definition) is 3. The van der Waals surface area contributed by atoms with Crippen LogP contribution in [0.1, 0.15) is 6.92 Å². The molecule has 0 spiro atoms. The molecule has 0 aliphatic carbocycles. The molecule has 22 heavy (non-hydrogen) atoms. The van der Waals surface area contributed by atoms with Gasteiger partial charge >= 0.3 is 30.4 Å². The fraction of sp³-hybridized carbons (Fsp3) is 0.875. The second kappa shape index (κ2) is 5.79. The Kier molecular flexibility index (Phi) is 5.48. The Labute approximate surface area is 114 Å². The molecule has 0 rings (SSSR count). The Hall–Kier alpha value is -1.18. The number of alkyl halides is 11. The van der Waals surface area contributed by atoms with Gasteiger partial charge in [0.1, 0.15) is 6.61 Å². The summed E-state index contributed by atoms with van der Waals surface area (Å²) >= 11 is 0. The maximum atomic E-state index is 13.2. The van der Waals surface area contributed by atoms with E-state index >= 15 is 0 Å². The molecule has 0 aliphatic rings. The van der Waals surface area contributed by atoms with Crippen molar-refractivity contribution >= 4 is 5.78 Å². The van der Waals surface area contributed by atoms with E-state index in [9.17, 15) is 53.1 Å². The Morgan fingerprint density at radius 2 is 1.23 bits per heavy atom. The number of halogens is 11. The maximum Gasteiger partial charge on any atom is 0.478 e. The molecule has 132 valence electrons. The molecule has 1 unspecified atom stereocenters. The van der Waals surface area contributed by atoms with Gasteiger partial charge in [-0.05, 0) is 6.92 Å².